The first-order chi connectivity index (χ1) is 8.33. The molecule has 0 aromatic carbocycles. The molecule has 5 heteroatoms. The number of hydrazine groups is 1. The molecule has 1 aromatic heterocycles. The van der Waals surface area contributed by atoms with Crippen LogP contribution in [-0.2, 0) is 6.54 Å². The van der Waals surface area contributed by atoms with E-state index in [4.69, 9.17) is 5.84 Å². The maximum Gasteiger partial charge on any atom is 0.140 e. The molecule has 2 heterocycles. The molecule has 0 amide bonds. The van der Waals surface area contributed by atoms with E-state index in [0.717, 1.165) is 19.5 Å². The molecule has 1 aliphatic heterocycles. The summed E-state index contributed by atoms with van der Waals surface area (Å²) in [5.74, 6) is 6.02. The van der Waals surface area contributed by atoms with Crippen molar-refractivity contribution in [3.8, 4) is 0 Å². The van der Waals surface area contributed by atoms with Crippen molar-refractivity contribution in [2.75, 3.05) is 18.6 Å². The van der Waals surface area contributed by atoms with Gasteiger partial charge in [-0.25, -0.2) is 10.8 Å². The smallest absolute Gasteiger partial charge is 0.140 e. The number of nitrogens with two attached hydrogens (primary N) is 1. The Bertz CT molecular complexity index is 358. The molecule has 1 fully saturated rings. The second-order valence-corrected chi connectivity index (χ2v) is 4.50. The van der Waals surface area contributed by atoms with Crippen molar-refractivity contribution in [1.82, 2.24) is 9.88 Å². The minimum atomic E-state index is 0.243. The molecule has 5 nitrogen and oxygen atoms in total. The van der Waals surface area contributed by atoms with Crippen LogP contribution in [0.1, 0.15) is 24.8 Å². The number of nitrogens with zero attached hydrogens (tertiary/aromatic N) is 2. The molecular weight excluding hydrogens is 216 g/mol. The monoisotopic (exact) mass is 236 g/mol. The SMILES string of the molecule is NNc1cc(CN2CCCCC2CO)ccn1. The summed E-state index contributed by atoms with van der Waals surface area (Å²) in [5.41, 5.74) is 3.73. The molecule has 1 unspecified atom stereocenters. The number of pyridine rings is 1. The Morgan fingerprint density at radius 2 is 2.41 bits per heavy atom. The number of rotatable bonds is 4. The molecule has 0 spiro atoms. The third-order valence-electron chi connectivity index (χ3n) is 3.32. The van der Waals surface area contributed by atoms with Crippen LogP contribution < -0.4 is 11.3 Å². The summed E-state index contributed by atoms with van der Waals surface area (Å²) in [4.78, 5) is 6.42. The van der Waals surface area contributed by atoms with Crippen LogP contribution in [0.5, 0.6) is 0 Å². The number of hydrogen-bond donors (Lipinski definition) is 3. The number of nitrogens with one attached hydrogen (secondary N) is 1. The van der Waals surface area contributed by atoms with Crippen molar-refractivity contribution in [3.63, 3.8) is 0 Å². The molecule has 1 aliphatic rings. The number of anilines is 1. The minimum absolute atomic E-state index is 0.243. The highest BCUT2D eigenvalue weighted by molar-refractivity contribution is 5.35. The molecule has 0 radical (unpaired) electrons. The van der Waals surface area contributed by atoms with Crippen molar-refractivity contribution in [3.05, 3.63) is 23.9 Å². The van der Waals surface area contributed by atoms with Crippen LogP contribution in [0.2, 0.25) is 0 Å². The fraction of sp³-hybridized carbons (Fsp3) is 0.583. The maximum absolute atomic E-state index is 9.35. The number of piperidine rings is 1. The average molecular weight is 236 g/mol. The zero-order chi connectivity index (χ0) is 12.1. The third-order valence-corrected chi connectivity index (χ3v) is 3.32. The molecule has 1 aromatic rings. The number of aromatic nitrogens is 1. The zero-order valence-electron chi connectivity index (χ0n) is 9.97. The van der Waals surface area contributed by atoms with E-state index in [1.54, 1.807) is 6.20 Å². The van der Waals surface area contributed by atoms with Gasteiger partial charge in [-0.1, -0.05) is 6.42 Å². The summed E-state index contributed by atoms with van der Waals surface area (Å²) in [6, 6.07) is 4.23. The lowest BCUT2D eigenvalue weighted by molar-refractivity contribution is 0.0841. The highest BCUT2D eigenvalue weighted by atomic mass is 16.3. The Kier molecular flexibility index (Phi) is 4.30. The van der Waals surface area contributed by atoms with Crippen molar-refractivity contribution < 1.29 is 5.11 Å². The van der Waals surface area contributed by atoms with Gasteiger partial charge in [0.05, 0.1) is 6.61 Å². The van der Waals surface area contributed by atoms with Crippen LogP contribution in [0.4, 0.5) is 5.82 Å². The topological polar surface area (TPSA) is 74.4 Å². The lowest BCUT2D eigenvalue weighted by atomic mass is 10.0. The number of hydrogen-bond acceptors (Lipinski definition) is 5. The number of aliphatic hydroxyl groups excluding tert-OH is 1. The van der Waals surface area contributed by atoms with Crippen LogP contribution >= 0.6 is 0 Å². The fourth-order valence-electron chi connectivity index (χ4n) is 2.36. The van der Waals surface area contributed by atoms with Crippen LogP contribution in [0.25, 0.3) is 0 Å². The molecule has 0 bridgehead atoms. The summed E-state index contributed by atoms with van der Waals surface area (Å²) in [5, 5.41) is 9.35. The van der Waals surface area contributed by atoms with E-state index in [1.807, 2.05) is 12.1 Å². The van der Waals surface area contributed by atoms with Gasteiger partial charge in [-0.05, 0) is 37.1 Å². The third kappa shape index (κ3) is 3.15. The number of nitrogen functional groups attached to an aromatic ring is 1. The van der Waals surface area contributed by atoms with Gasteiger partial charge in [-0.2, -0.15) is 0 Å². The maximum atomic E-state index is 9.35. The predicted octanol–water partition coefficient (Wildman–Crippen LogP) is 0.714. The Morgan fingerprint density at radius 1 is 1.53 bits per heavy atom. The standard InChI is InChI=1S/C12H20N4O/c13-15-12-7-10(4-5-14-12)8-16-6-2-1-3-11(16)9-17/h4-5,7,11,17H,1-3,6,8-9,13H2,(H,14,15). The molecule has 94 valence electrons. The van der Waals surface area contributed by atoms with Gasteiger partial charge in [-0.3, -0.25) is 4.90 Å². The quantitative estimate of drug-likeness (QED) is 0.530. The summed E-state index contributed by atoms with van der Waals surface area (Å²) in [6.07, 6.45) is 5.27. The van der Waals surface area contributed by atoms with Gasteiger partial charge >= 0.3 is 0 Å². The molecule has 4 N–H and O–H groups in total. The Hall–Kier alpha value is -1.17. The van der Waals surface area contributed by atoms with Crippen LogP contribution in [-0.4, -0.2) is 34.2 Å². The van der Waals surface area contributed by atoms with Gasteiger partial charge in [0.1, 0.15) is 5.82 Å². The van der Waals surface area contributed by atoms with Gasteiger partial charge in [0, 0.05) is 18.8 Å². The summed E-state index contributed by atoms with van der Waals surface area (Å²) >= 11 is 0. The molecule has 0 saturated carbocycles. The van der Waals surface area contributed by atoms with E-state index in [1.165, 1.54) is 18.4 Å². The minimum Gasteiger partial charge on any atom is -0.395 e. The Balaban J connectivity index is 2.02. The van der Waals surface area contributed by atoms with Crippen molar-refractivity contribution in [1.29, 1.82) is 0 Å². The summed E-state index contributed by atoms with van der Waals surface area (Å²) in [7, 11) is 0. The first kappa shape index (κ1) is 12.3. The van der Waals surface area contributed by atoms with E-state index in [-0.39, 0.29) is 6.61 Å². The Labute approximate surface area is 102 Å². The molecular formula is C12H20N4O. The first-order valence-corrected chi connectivity index (χ1v) is 6.10. The van der Waals surface area contributed by atoms with Gasteiger partial charge in [0.25, 0.3) is 0 Å². The second-order valence-electron chi connectivity index (χ2n) is 4.50. The molecule has 1 saturated heterocycles. The van der Waals surface area contributed by atoms with Crippen molar-refractivity contribution >= 4 is 5.82 Å². The van der Waals surface area contributed by atoms with Crippen LogP contribution in [0.3, 0.4) is 0 Å². The molecule has 2 rings (SSSR count). The van der Waals surface area contributed by atoms with Crippen molar-refractivity contribution in [2.24, 2.45) is 5.84 Å². The summed E-state index contributed by atoms with van der Waals surface area (Å²) < 4.78 is 0. The summed E-state index contributed by atoms with van der Waals surface area (Å²) in [6.45, 7) is 2.15. The van der Waals surface area contributed by atoms with E-state index in [2.05, 4.69) is 15.3 Å². The van der Waals surface area contributed by atoms with Crippen LogP contribution in [0.15, 0.2) is 18.3 Å². The molecule has 0 aliphatic carbocycles. The van der Waals surface area contributed by atoms with Gasteiger partial charge in [-0.15, -0.1) is 0 Å². The van der Waals surface area contributed by atoms with E-state index in [0.29, 0.717) is 11.9 Å². The highest BCUT2D eigenvalue weighted by Crippen LogP contribution is 2.19. The van der Waals surface area contributed by atoms with Crippen LogP contribution in [0, 0.1) is 0 Å². The van der Waals surface area contributed by atoms with E-state index in [9.17, 15) is 5.11 Å². The Morgan fingerprint density at radius 3 is 3.18 bits per heavy atom. The predicted molar refractivity (Wildman–Crippen MR) is 67.2 cm³/mol. The fourth-order valence-corrected chi connectivity index (χ4v) is 2.36. The van der Waals surface area contributed by atoms with Gasteiger partial charge < -0.3 is 10.5 Å². The lowest BCUT2D eigenvalue weighted by Crippen LogP contribution is -2.41. The van der Waals surface area contributed by atoms with E-state index < -0.39 is 0 Å². The van der Waals surface area contributed by atoms with Gasteiger partial charge in [0.15, 0.2) is 0 Å². The number of likely N-dealkylation sites (tertiary alicyclic amines) is 1. The zero-order valence-corrected chi connectivity index (χ0v) is 9.97. The molecule has 17 heavy (non-hydrogen) atoms. The van der Waals surface area contributed by atoms with E-state index >= 15 is 0 Å². The first-order valence-electron chi connectivity index (χ1n) is 6.10. The largest absolute Gasteiger partial charge is 0.395 e. The highest BCUT2D eigenvalue weighted by Gasteiger charge is 2.21. The second kappa shape index (κ2) is 5.95. The lowest BCUT2D eigenvalue weighted by Gasteiger charge is -2.34. The molecule has 1 atom stereocenters. The van der Waals surface area contributed by atoms with Crippen molar-refractivity contribution in [2.45, 2.75) is 31.8 Å². The normalized spacial score (nSPS) is 21.4. The number of aliphatic hydroxyl groups is 1. The van der Waals surface area contributed by atoms with Gasteiger partial charge in [0.2, 0.25) is 0 Å². The average Bonchev–Trinajstić information content (AvgIpc) is 2.39.